The molecule has 2 amide bonds. The number of carbonyl (C=O) groups excluding carboxylic acids is 1. The normalized spacial score (nSPS) is 14.3. The van der Waals surface area contributed by atoms with E-state index in [0.29, 0.717) is 18.1 Å². The van der Waals surface area contributed by atoms with Crippen LogP contribution in [-0.4, -0.2) is 29.0 Å². The molecule has 4 rings (SSSR count). The lowest BCUT2D eigenvalue weighted by molar-refractivity contribution is 0.214. The molecule has 0 unspecified atom stereocenters. The summed E-state index contributed by atoms with van der Waals surface area (Å²) in [6, 6.07) is 15.5. The fourth-order valence-electron chi connectivity index (χ4n) is 3.33. The van der Waals surface area contributed by atoms with Crippen LogP contribution in [-0.2, 0) is 12.8 Å². The van der Waals surface area contributed by atoms with Crippen molar-refractivity contribution in [3.63, 3.8) is 0 Å². The van der Waals surface area contributed by atoms with Gasteiger partial charge in [-0.2, -0.15) is 0 Å². The summed E-state index contributed by atoms with van der Waals surface area (Å²) in [7, 11) is 0. The van der Waals surface area contributed by atoms with E-state index in [0.717, 1.165) is 18.5 Å². The highest BCUT2D eigenvalue weighted by molar-refractivity contribution is 6.30. The number of hydrogen-bond donors (Lipinski definition) is 2. The number of H-pyrrole nitrogens is 1. The number of nitrogens with zero attached hydrogens (tertiary/aromatic N) is 1. The Bertz CT molecular complexity index is 903. The van der Waals surface area contributed by atoms with Gasteiger partial charge in [0.2, 0.25) is 0 Å². The molecule has 0 saturated heterocycles. The average Bonchev–Trinajstić information content (AvgIpc) is 2.79. The van der Waals surface area contributed by atoms with Crippen molar-refractivity contribution in [2.24, 2.45) is 0 Å². The third kappa shape index (κ3) is 2.85. The summed E-state index contributed by atoms with van der Waals surface area (Å²) in [5.41, 5.74) is 4.48. The number of nitrogens with one attached hydrogen (secondary N) is 2. The molecule has 0 atom stereocenters. The molecular formula is C19H18ClN3O. The van der Waals surface area contributed by atoms with Gasteiger partial charge in [-0.15, -0.1) is 0 Å². The van der Waals surface area contributed by atoms with Crippen molar-refractivity contribution >= 4 is 34.2 Å². The molecule has 0 saturated carbocycles. The van der Waals surface area contributed by atoms with Gasteiger partial charge >= 0.3 is 6.03 Å². The highest BCUT2D eigenvalue weighted by atomic mass is 35.5. The maximum Gasteiger partial charge on any atom is 0.321 e. The molecule has 5 heteroatoms. The predicted molar refractivity (Wildman–Crippen MR) is 97.8 cm³/mol. The van der Waals surface area contributed by atoms with Crippen molar-refractivity contribution in [3.8, 4) is 0 Å². The van der Waals surface area contributed by atoms with Gasteiger partial charge in [0, 0.05) is 46.8 Å². The van der Waals surface area contributed by atoms with E-state index in [1.54, 1.807) is 12.1 Å². The summed E-state index contributed by atoms with van der Waals surface area (Å²) in [6.45, 7) is 1.41. The quantitative estimate of drug-likeness (QED) is 0.676. The van der Waals surface area contributed by atoms with E-state index in [4.69, 9.17) is 11.6 Å². The summed E-state index contributed by atoms with van der Waals surface area (Å²) in [5.74, 6) is 0. The largest absolute Gasteiger partial charge is 0.358 e. The Hall–Kier alpha value is -2.46. The molecule has 0 spiro atoms. The lowest BCUT2D eigenvalue weighted by Crippen LogP contribution is -2.36. The summed E-state index contributed by atoms with van der Waals surface area (Å²) in [5, 5.41) is 4.81. The van der Waals surface area contributed by atoms with Crippen molar-refractivity contribution in [3.05, 3.63) is 64.8 Å². The Morgan fingerprint density at radius 2 is 1.92 bits per heavy atom. The van der Waals surface area contributed by atoms with Gasteiger partial charge < -0.3 is 15.2 Å². The van der Waals surface area contributed by atoms with Crippen molar-refractivity contribution in [2.45, 2.75) is 12.8 Å². The van der Waals surface area contributed by atoms with E-state index in [9.17, 15) is 4.79 Å². The van der Waals surface area contributed by atoms with Crippen LogP contribution in [0.3, 0.4) is 0 Å². The fraction of sp³-hybridized carbons (Fsp3) is 0.211. The van der Waals surface area contributed by atoms with Crippen LogP contribution in [0.1, 0.15) is 11.3 Å². The summed E-state index contributed by atoms with van der Waals surface area (Å²) < 4.78 is 0. The number of amides is 2. The van der Waals surface area contributed by atoms with Gasteiger partial charge in [-0.3, -0.25) is 0 Å². The summed E-state index contributed by atoms with van der Waals surface area (Å²) >= 11 is 5.97. The first-order valence-corrected chi connectivity index (χ1v) is 8.48. The number of fused-ring (bicyclic) bond motifs is 3. The first-order chi connectivity index (χ1) is 11.7. The number of rotatable bonds is 1. The zero-order valence-corrected chi connectivity index (χ0v) is 13.9. The second-order valence-electron chi connectivity index (χ2n) is 6.06. The first-order valence-electron chi connectivity index (χ1n) is 8.10. The molecule has 1 aliphatic heterocycles. The summed E-state index contributed by atoms with van der Waals surface area (Å²) in [6.07, 6.45) is 1.70. The van der Waals surface area contributed by atoms with Crippen LogP contribution < -0.4 is 5.32 Å². The minimum absolute atomic E-state index is 0.0771. The van der Waals surface area contributed by atoms with E-state index in [1.165, 1.54) is 22.2 Å². The van der Waals surface area contributed by atoms with Gasteiger partial charge in [0.15, 0.2) is 0 Å². The monoisotopic (exact) mass is 339 g/mol. The van der Waals surface area contributed by atoms with E-state index >= 15 is 0 Å². The third-order valence-corrected chi connectivity index (χ3v) is 4.76. The van der Waals surface area contributed by atoms with Crippen LogP contribution >= 0.6 is 11.6 Å². The SMILES string of the molecule is O=C(Nc1cccc(Cl)c1)N1CCc2[nH]c3ccccc3c2CC1. The van der Waals surface area contributed by atoms with Crippen LogP contribution in [0.5, 0.6) is 0 Å². The molecular weight excluding hydrogens is 322 g/mol. The Balaban J connectivity index is 1.50. The molecule has 4 nitrogen and oxygen atoms in total. The number of hydrogen-bond acceptors (Lipinski definition) is 1. The Labute approximate surface area is 145 Å². The molecule has 0 radical (unpaired) electrons. The minimum atomic E-state index is -0.0771. The van der Waals surface area contributed by atoms with E-state index < -0.39 is 0 Å². The molecule has 122 valence electrons. The van der Waals surface area contributed by atoms with Crippen LogP contribution in [0.4, 0.5) is 10.5 Å². The van der Waals surface area contributed by atoms with Crippen molar-refractivity contribution in [1.29, 1.82) is 0 Å². The molecule has 24 heavy (non-hydrogen) atoms. The van der Waals surface area contributed by atoms with Gasteiger partial charge in [0.1, 0.15) is 0 Å². The maximum absolute atomic E-state index is 12.5. The van der Waals surface area contributed by atoms with Crippen molar-refractivity contribution in [1.82, 2.24) is 9.88 Å². The third-order valence-electron chi connectivity index (χ3n) is 4.53. The number of para-hydroxylation sites is 1. The highest BCUT2D eigenvalue weighted by Gasteiger charge is 2.21. The highest BCUT2D eigenvalue weighted by Crippen LogP contribution is 2.26. The Morgan fingerprint density at radius 3 is 2.79 bits per heavy atom. The minimum Gasteiger partial charge on any atom is -0.358 e. The van der Waals surface area contributed by atoms with Crippen LogP contribution in [0, 0.1) is 0 Å². The van der Waals surface area contributed by atoms with Gasteiger partial charge in [0.05, 0.1) is 0 Å². The smallest absolute Gasteiger partial charge is 0.321 e. The van der Waals surface area contributed by atoms with Crippen LogP contribution in [0.2, 0.25) is 5.02 Å². The maximum atomic E-state index is 12.5. The molecule has 1 aromatic heterocycles. The van der Waals surface area contributed by atoms with E-state index in [2.05, 4.69) is 28.5 Å². The molecule has 1 aliphatic rings. The Morgan fingerprint density at radius 1 is 1.08 bits per heavy atom. The number of benzene rings is 2. The fourth-order valence-corrected chi connectivity index (χ4v) is 3.52. The van der Waals surface area contributed by atoms with Gasteiger partial charge in [0.25, 0.3) is 0 Å². The van der Waals surface area contributed by atoms with Crippen LogP contribution in [0.15, 0.2) is 48.5 Å². The molecule has 0 bridgehead atoms. The number of anilines is 1. The van der Waals surface area contributed by atoms with Crippen molar-refractivity contribution in [2.75, 3.05) is 18.4 Å². The second kappa shape index (κ2) is 6.21. The lowest BCUT2D eigenvalue weighted by atomic mass is 10.1. The zero-order chi connectivity index (χ0) is 16.5. The number of aromatic nitrogens is 1. The van der Waals surface area contributed by atoms with Crippen molar-refractivity contribution < 1.29 is 4.79 Å². The predicted octanol–water partition coefficient (Wildman–Crippen LogP) is 4.45. The standard InChI is InChI=1S/C19H18ClN3O/c20-13-4-3-5-14(12-13)21-19(24)23-10-8-16-15-6-1-2-7-17(15)22-18(16)9-11-23/h1-7,12,22H,8-11H2,(H,21,24). The molecule has 2 aromatic carbocycles. The molecule has 2 heterocycles. The molecule has 0 aliphatic carbocycles. The first kappa shape index (κ1) is 15.1. The lowest BCUT2D eigenvalue weighted by Gasteiger charge is -2.21. The van der Waals surface area contributed by atoms with Gasteiger partial charge in [-0.1, -0.05) is 35.9 Å². The molecule has 0 fully saturated rings. The van der Waals surface area contributed by atoms with Gasteiger partial charge in [-0.25, -0.2) is 4.79 Å². The molecule has 3 aromatic rings. The topological polar surface area (TPSA) is 48.1 Å². The van der Waals surface area contributed by atoms with E-state index in [1.807, 2.05) is 23.1 Å². The zero-order valence-electron chi connectivity index (χ0n) is 13.2. The number of carbonyl (C=O) groups is 1. The second-order valence-corrected chi connectivity index (χ2v) is 6.49. The number of urea groups is 1. The Kier molecular flexibility index (Phi) is 3.90. The number of halogens is 1. The van der Waals surface area contributed by atoms with Gasteiger partial charge in [-0.05, 0) is 36.2 Å². The number of aromatic amines is 1. The van der Waals surface area contributed by atoms with E-state index in [-0.39, 0.29) is 6.03 Å². The summed E-state index contributed by atoms with van der Waals surface area (Å²) in [4.78, 5) is 17.9. The average molecular weight is 340 g/mol. The molecule has 2 N–H and O–H groups in total. The van der Waals surface area contributed by atoms with Crippen LogP contribution in [0.25, 0.3) is 10.9 Å².